The Bertz CT molecular complexity index is 567. The van der Waals surface area contributed by atoms with Gasteiger partial charge in [0.25, 0.3) is 0 Å². The fourth-order valence-corrected chi connectivity index (χ4v) is 2.52. The van der Waals surface area contributed by atoms with Crippen LogP contribution in [0.15, 0.2) is 34.7 Å². The molecule has 0 spiro atoms. The number of morpholine rings is 1. The average Bonchev–Trinajstić information content (AvgIpc) is 3.04. The molecular weight excluding hydrogens is 280 g/mol. The summed E-state index contributed by atoms with van der Waals surface area (Å²) in [6.07, 6.45) is 0. The molecule has 0 saturated carbocycles. The zero-order valence-corrected chi connectivity index (χ0v) is 12.9. The zero-order valence-electron chi connectivity index (χ0n) is 12.9. The molecule has 6 heteroatoms. The number of hydrogen-bond donors (Lipinski definition) is 1. The van der Waals surface area contributed by atoms with Crippen LogP contribution in [0.25, 0.3) is 11.5 Å². The van der Waals surface area contributed by atoms with Crippen molar-refractivity contribution in [2.75, 3.05) is 32.8 Å². The molecule has 2 heterocycles. The van der Waals surface area contributed by atoms with Crippen molar-refractivity contribution in [1.29, 1.82) is 0 Å². The highest BCUT2D eigenvalue weighted by Crippen LogP contribution is 2.16. The smallest absolute Gasteiger partial charge is 0.247 e. The first-order valence-corrected chi connectivity index (χ1v) is 7.72. The number of benzene rings is 1. The number of rotatable bonds is 6. The number of aromatic nitrogens is 2. The third-order valence-corrected chi connectivity index (χ3v) is 3.73. The molecule has 0 unspecified atom stereocenters. The van der Waals surface area contributed by atoms with E-state index in [9.17, 15) is 0 Å². The Kier molecular flexibility index (Phi) is 5.15. The molecule has 1 saturated heterocycles. The fourth-order valence-electron chi connectivity index (χ4n) is 2.52. The van der Waals surface area contributed by atoms with Gasteiger partial charge in [0.15, 0.2) is 0 Å². The van der Waals surface area contributed by atoms with E-state index >= 15 is 0 Å². The standard InChI is InChI=1S/C16H22N4O2/c1-13(12-20-7-9-21-10-8-20)17-11-15-18-19-16(22-15)14-5-3-2-4-6-14/h2-6,13,17H,7-12H2,1H3/t13-/m1/s1. The van der Waals surface area contributed by atoms with Crippen molar-refractivity contribution >= 4 is 0 Å². The minimum absolute atomic E-state index is 0.366. The van der Waals surface area contributed by atoms with Gasteiger partial charge in [-0.1, -0.05) is 18.2 Å². The molecule has 1 aromatic heterocycles. The maximum absolute atomic E-state index is 5.69. The Balaban J connectivity index is 1.48. The van der Waals surface area contributed by atoms with Gasteiger partial charge in [0.1, 0.15) is 0 Å². The zero-order chi connectivity index (χ0) is 15.2. The highest BCUT2D eigenvalue weighted by atomic mass is 16.5. The average molecular weight is 302 g/mol. The molecule has 22 heavy (non-hydrogen) atoms. The summed E-state index contributed by atoms with van der Waals surface area (Å²) >= 11 is 0. The van der Waals surface area contributed by atoms with Gasteiger partial charge < -0.3 is 14.5 Å². The molecule has 0 aliphatic carbocycles. The van der Waals surface area contributed by atoms with Crippen molar-refractivity contribution in [3.63, 3.8) is 0 Å². The molecule has 1 fully saturated rings. The second-order valence-corrected chi connectivity index (χ2v) is 5.56. The SMILES string of the molecule is C[C@H](CN1CCOCC1)NCc1nnc(-c2ccccc2)o1. The number of hydrogen-bond acceptors (Lipinski definition) is 6. The van der Waals surface area contributed by atoms with E-state index in [2.05, 4.69) is 27.3 Å². The van der Waals surface area contributed by atoms with E-state index in [0.29, 0.717) is 24.4 Å². The first-order chi connectivity index (χ1) is 10.8. The van der Waals surface area contributed by atoms with Gasteiger partial charge in [-0.05, 0) is 19.1 Å². The molecule has 1 N–H and O–H groups in total. The predicted octanol–water partition coefficient (Wildman–Crippen LogP) is 1.55. The fraction of sp³-hybridized carbons (Fsp3) is 0.500. The first-order valence-electron chi connectivity index (χ1n) is 7.72. The quantitative estimate of drug-likeness (QED) is 0.873. The Morgan fingerprint density at radius 3 is 2.73 bits per heavy atom. The Morgan fingerprint density at radius 1 is 1.18 bits per heavy atom. The maximum Gasteiger partial charge on any atom is 0.247 e. The van der Waals surface area contributed by atoms with Gasteiger partial charge in [0.2, 0.25) is 11.8 Å². The summed E-state index contributed by atoms with van der Waals surface area (Å²) < 4.78 is 11.1. The third-order valence-electron chi connectivity index (χ3n) is 3.73. The minimum atomic E-state index is 0.366. The van der Waals surface area contributed by atoms with Crippen molar-refractivity contribution in [2.24, 2.45) is 0 Å². The summed E-state index contributed by atoms with van der Waals surface area (Å²) in [5.74, 6) is 1.19. The second-order valence-electron chi connectivity index (χ2n) is 5.56. The molecule has 1 atom stereocenters. The van der Waals surface area contributed by atoms with Gasteiger partial charge in [0, 0.05) is 31.2 Å². The molecule has 1 aliphatic heterocycles. The van der Waals surface area contributed by atoms with E-state index in [1.54, 1.807) is 0 Å². The molecule has 0 radical (unpaired) electrons. The van der Waals surface area contributed by atoms with Crippen LogP contribution in [0, 0.1) is 0 Å². The van der Waals surface area contributed by atoms with Crippen LogP contribution in [0.4, 0.5) is 0 Å². The van der Waals surface area contributed by atoms with E-state index in [0.717, 1.165) is 38.4 Å². The van der Waals surface area contributed by atoms with E-state index in [1.165, 1.54) is 0 Å². The second kappa shape index (κ2) is 7.49. The van der Waals surface area contributed by atoms with Crippen LogP contribution in [0.2, 0.25) is 0 Å². The predicted molar refractivity (Wildman–Crippen MR) is 83.3 cm³/mol. The third kappa shape index (κ3) is 4.13. The van der Waals surface area contributed by atoms with Gasteiger partial charge in [-0.25, -0.2) is 0 Å². The highest BCUT2D eigenvalue weighted by molar-refractivity contribution is 5.51. The normalized spacial score (nSPS) is 17.5. The Labute approximate surface area is 130 Å². The Morgan fingerprint density at radius 2 is 1.95 bits per heavy atom. The maximum atomic E-state index is 5.69. The Hall–Kier alpha value is -1.76. The molecule has 6 nitrogen and oxygen atoms in total. The lowest BCUT2D eigenvalue weighted by molar-refractivity contribution is 0.0342. The monoisotopic (exact) mass is 302 g/mol. The summed E-state index contributed by atoms with van der Waals surface area (Å²) in [7, 11) is 0. The summed E-state index contributed by atoms with van der Waals surface area (Å²) in [4.78, 5) is 2.41. The van der Waals surface area contributed by atoms with E-state index < -0.39 is 0 Å². The molecule has 1 aliphatic rings. The lowest BCUT2D eigenvalue weighted by Gasteiger charge is -2.29. The van der Waals surface area contributed by atoms with Crippen LogP contribution >= 0.6 is 0 Å². The lowest BCUT2D eigenvalue weighted by Crippen LogP contribution is -2.44. The summed E-state index contributed by atoms with van der Waals surface area (Å²) in [6, 6.07) is 10.2. The van der Waals surface area contributed by atoms with Gasteiger partial charge >= 0.3 is 0 Å². The number of ether oxygens (including phenoxy) is 1. The van der Waals surface area contributed by atoms with Crippen molar-refractivity contribution < 1.29 is 9.15 Å². The van der Waals surface area contributed by atoms with Gasteiger partial charge in [-0.3, -0.25) is 4.90 Å². The largest absolute Gasteiger partial charge is 0.419 e. The van der Waals surface area contributed by atoms with Gasteiger partial charge in [-0.15, -0.1) is 10.2 Å². The minimum Gasteiger partial charge on any atom is -0.419 e. The van der Waals surface area contributed by atoms with Crippen LogP contribution in [0.3, 0.4) is 0 Å². The van der Waals surface area contributed by atoms with Crippen LogP contribution in [0.1, 0.15) is 12.8 Å². The topological polar surface area (TPSA) is 63.4 Å². The summed E-state index contributed by atoms with van der Waals surface area (Å²) in [5, 5.41) is 11.6. The van der Waals surface area contributed by atoms with E-state index in [4.69, 9.17) is 9.15 Å². The first kappa shape index (κ1) is 15.1. The van der Waals surface area contributed by atoms with E-state index in [1.807, 2.05) is 30.3 Å². The molecule has 1 aromatic carbocycles. The van der Waals surface area contributed by atoms with Crippen molar-refractivity contribution in [2.45, 2.75) is 19.5 Å². The molecule has 3 rings (SSSR count). The number of nitrogens with zero attached hydrogens (tertiary/aromatic N) is 3. The van der Waals surface area contributed by atoms with Crippen LogP contribution in [0.5, 0.6) is 0 Å². The molecule has 118 valence electrons. The van der Waals surface area contributed by atoms with Crippen molar-refractivity contribution in [3.8, 4) is 11.5 Å². The van der Waals surface area contributed by atoms with Gasteiger partial charge in [0.05, 0.1) is 19.8 Å². The van der Waals surface area contributed by atoms with E-state index in [-0.39, 0.29) is 0 Å². The lowest BCUT2D eigenvalue weighted by atomic mass is 10.2. The molecule has 0 bridgehead atoms. The molecule has 0 amide bonds. The van der Waals surface area contributed by atoms with Gasteiger partial charge in [-0.2, -0.15) is 0 Å². The molecular formula is C16H22N4O2. The van der Waals surface area contributed by atoms with Crippen LogP contribution in [-0.4, -0.2) is 54.0 Å². The number of nitrogens with one attached hydrogen (secondary N) is 1. The van der Waals surface area contributed by atoms with Crippen LogP contribution in [-0.2, 0) is 11.3 Å². The summed E-state index contributed by atoms with van der Waals surface area (Å²) in [5.41, 5.74) is 0.947. The van der Waals surface area contributed by atoms with Crippen molar-refractivity contribution in [3.05, 3.63) is 36.2 Å². The molecule has 2 aromatic rings. The summed E-state index contributed by atoms with van der Waals surface area (Å²) in [6.45, 7) is 7.43. The van der Waals surface area contributed by atoms with Crippen molar-refractivity contribution in [1.82, 2.24) is 20.4 Å². The van der Waals surface area contributed by atoms with Crippen LogP contribution < -0.4 is 5.32 Å². The highest BCUT2D eigenvalue weighted by Gasteiger charge is 2.14.